The first-order valence-corrected chi connectivity index (χ1v) is 9.50. The molecule has 1 atom stereocenters. The Morgan fingerprint density at radius 2 is 1.96 bits per heavy atom. The van der Waals surface area contributed by atoms with Gasteiger partial charge in [-0.15, -0.1) is 0 Å². The minimum Gasteiger partial charge on any atom is -0.347 e. The molecule has 3 rings (SSSR count). The number of nitrogens with zero attached hydrogens (tertiary/aromatic N) is 5. The van der Waals surface area contributed by atoms with E-state index in [-0.39, 0.29) is 5.91 Å². The van der Waals surface area contributed by atoms with Gasteiger partial charge in [-0.25, -0.2) is 9.97 Å². The zero-order chi connectivity index (χ0) is 19.6. The molecule has 0 spiro atoms. The van der Waals surface area contributed by atoms with Gasteiger partial charge >= 0.3 is 0 Å². The Balaban J connectivity index is 1.88. The number of carbonyl (C=O) groups is 1. The quantitative estimate of drug-likeness (QED) is 0.813. The first-order valence-electron chi connectivity index (χ1n) is 9.50. The van der Waals surface area contributed by atoms with Crippen molar-refractivity contribution in [3.05, 3.63) is 41.6 Å². The van der Waals surface area contributed by atoms with Gasteiger partial charge in [-0.05, 0) is 45.1 Å². The normalized spacial score (nSPS) is 16.8. The monoisotopic (exact) mass is 367 g/mol. The summed E-state index contributed by atoms with van der Waals surface area (Å²) in [6.45, 7) is 3.68. The highest BCUT2D eigenvalue weighted by molar-refractivity contribution is 5.95. The zero-order valence-electron chi connectivity index (χ0n) is 16.9. The van der Waals surface area contributed by atoms with E-state index in [0.717, 1.165) is 48.4 Å². The number of anilines is 1. The van der Waals surface area contributed by atoms with Crippen molar-refractivity contribution >= 4 is 11.9 Å². The molecule has 6 heteroatoms. The van der Waals surface area contributed by atoms with Crippen molar-refractivity contribution in [1.29, 1.82) is 0 Å². The minimum atomic E-state index is 0.0961. The van der Waals surface area contributed by atoms with Crippen LogP contribution in [0.2, 0.25) is 0 Å². The number of aryl methyl sites for hydroxylation is 1. The van der Waals surface area contributed by atoms with Crippen LogP contribution in [0.5, 0.6) is 0 Å². The summed E-state index contributed by atoms with van der Waals surface area (Å²) >= 11 is 0. The van der Waals surface area contributed by atoms with Crippen molar-refractivity contribution in [2.45, 2.75) is 25.8 Å². The Morgan fingerprint density at radius 3 is 2.59 bits per heavy atom. The molecule has 0 unspecified atom stereocenters. The van der Waals surface area contributed by atoms with Crippen LogP contribution in [-0.2, 0) is 6.42 Å². The fourth-order valence-electron chi connectivity index (χ4n) is 3.35. The van der Waals surface area contributed by atoms with E-state index in [4.69, 9.17) is 0 Å². The summed E-state index contributed by atoms with van der Waals surface area (Å²) in [6.07, 6.45) is 1.87. The lowest BCUT2D eigenvalue weighted by atomic mass is 10.1. The van der Waals surface area contributed by atoms with Gasteiger partial charge in [-0.2, -0.15) is 0 Å². The predicted octanol–water partition coefficient (Wildman–Crippen LogP) is 2.55. The third kappa shape index (κ3) is 4.27. The molecule has 0 saturated carbocycles. The molecule has 0 N–H and O–H groups in total. The summed E-state index contributed by atoms with van der Waals surface area (Å²) < 4.78 is 0. The largest absolute Gasteiger partial charge is 0.347 e. The van der Waals surface area contributed by atoms with Gasteiger partial charge in [0.25, 0.3) is 5.91 Å². The van der Waals surface area contributed by atoms with E-state index in [9.17, 15) is 4.79 Å². The van der Waals surface area contributed by atoms with E-state index in [0.29, 0.717) is 12.0 Å². The summed E-state index contributed by atoms with van der Waals surface area (Å²) in [4.78, 5) is 28.2. The molecule has 6 nitrogen and oxygen atoms in total. The van der Waals surface area contributed by atoms with Gasteiger partial charge in [0.1, 0.15) is 0 Å². The van der Waals surface area contributed by atoms with Crippen LogP contribution in [-0.4, -0.2) is 73.0 Å². The highest BCUT2D eigenvalue weighted by Gasteiger charge is 2.28. The molecule has 1 aliphatic rings. The van der Waals surface area contributed by atoms with E-state index < -0.39 is 0 Å². The number of rotatable bonds is 5. The van der Waals surface area contributed by atoms with Crippen molar-refractivity contribution < 1.29 is 4.79 Å². The second kappa shape index (κ2) is 8.05. The Hall–Kier alpha value is -2.47. The van der Waals surface area contributed by atoms with Gasteiger partial charge in [-0.1, -0.05) is 19.1 Å². The molecule has 2 aromatic rings. The molecule has 1 amide bonds. The van der Waals surface area contributed by atoms with Gasteiger partial charge in [0.2, 0.25) is 5.95 Å². The van der Waals surface area contributed by atoms with Crippen molar-refractivity contribution in [1.82, 2.24) is 19.8 Å². The predicted molar refractivity (Wildman–Crippen MR) is 109 cm³/mol. The SMILES string of the molecule is CCc1cc(-c2cccc(C(=O)N3CC[C@H](N(C)C)C3)c2)nc(N(C)C)n1. The molecule has 1 fully saturated rings. The molecule has 0 bridgehead atoms. The third-order valence-corrected chi connectivity index (χ3v) is 5.12. The molecule has 1 aromatic heterocycles. The number of carbonyl (C=O) groups excluding carboxylic acids is 1. The third-order valence-electron chi connectivity index (χ3n) is 5.12. The average molecular weight is 367 g/mol. The van der Waals surface area contributed by atoms with Crippen LogP contribution in [0.3, 0.4) is 0 Å². The van der Waals surface area contributed by atoms with Crippen LogP contribution in [0, 0.1) is 0 Å². The minimum absolute atomic E-state index is 0.0961. The van der Waals surface area contributed by atoms with Crippen molar-refractivity contribution in [3.8, 4) is 11.3 Å². The van der Waals surface area contributed by atoms with E-state index in [1.807, 2.05) is 54.2 Å². The van der Waals surface area contributed by atoms with Crippen LogP contribution in [0.25, 0.3) is 11.3 Å². The van der Waals surface area contributed by atoms with E-state index in [1.54, 1.807) is 0 Å². The van der Waals surface area contributed by atoms with Crippen molar-refractivity contribution in [2.75, 3.05) is 46.2 Å². The molecule has 2 heterocycles. The van der Waals surface area contributed by atoms with Crippen LogP contribution >= 0.6 is 0 Å². The summed E-state index contributed by atoms with van der Waals surface area (Å²) in [5.41, 5.74) is 3.51. The zero-order valence-corrected chi connectivity index (χ0v) is 16.9. The number of likely N-dealkylation sites (N-methyl/N-ethyl adjacent to an activating group) is 1. The van der Waals surface area contributed by atoms with E-state index in [2.05, 4.69) is 35.9 Å². The molecular weight excluding hydrogens is 338 g/mol. The standard InChI is InChI=1S/C21H29N5O/c1-6-17-13-19(23-21(22-17)25(4)5)15-8-7-9-16(12-15)20(27)26-11-10-18(14-26)24(2)3/h7-9,12-13,18H,6,10-11,14H2,1-5H3/t18-/m0/s1. The molecule has 144 valence electrons. The molecule has 27 heavy (non-hydrogen) atoms. The number of hydrogen-bond acceptors (Lipinski definition) is 5. The van der Waals surface area contributed by atoms with Crippen LogP contribution in [0.4, 0.5) is 5.95 Å². The number of likely N-dealkylation sites (tertiary alicyclic amines) is 1. The lowest BCUT2D eigenvalue weighted by Crippen LogP contribution is -2.34. The van der Waals surface area contributed by atoms with Crippen LogP contribution in [0.1, 0.15) is 29.4 Å². The summed E-state index contributed by atoms with van der Waals surface area (Å²) in [7, 11) is 8.02. The fourth-order valence-corrected chi connectivity index (χ4v) is 3.35. The number of hydrogen-bond donors (Lipinski definition) is 0. The highest BCUT2D eigenvalue weighted by Crippen LogP contribution is 2.23. The number of aromatic nitrogens is 2. The van der Waals surface area contributed by atoms with E-state index in [1.165, 1.54) is 0 Å². The van der Waals surface area contributed by atoms with Crippen molar-refractivity contribution in [2.24, 2.45) is 0 Å². The summed E-state index contributed by atoms with van der Waals surface area (Å²) in [5, 5.41) is 0. The average Bonchev–Trinajstić information content (AvgIpc) is 3.17. The Morgan fingerprint density at radius 1 is 1.19 bits per heavy atom. The molecule has 1 saturated heterocycles. The molecule has 0 radical (unpaired) electrons. The first kappa shape index (κ1) is 19.3. The lowest BCUT2D eigenvalue weighted by Gasteiger charge is -2.20. The van der Waals surface area contributed by atoms with E-state index >= 15 is 0 Å². The smallest absolute Gasteiger partial charge is 0.253 e. The first-order chi connectivity index (χ1) is 12.9. The maximum atomic E-state index is 13.0. The van der Waals surface area contributed by atoms with Gasteiger partial charge in [0.15, 0.2) is 0 Å². The van der Waals surface area contributed by atoms with Crippen LogP contribution in [0.15, 0.2) is 30.3 Å². The van der Waals surface area contributed by atoms with Gasteiger partial charge in [0.05, 0.1) is 5.69 Å². The van der Waals surface area contributed by atoms with Crippen molar-refractivity contribution in [3.63, 3.8) is 0 Å². The number of benzene rings is 1. The topological polar surface area (TPSA) is 52.6 Å². The number of amides is 1. The summed E-state index contributed by atoms with van der Waals surface area (Å²) in [6, 6.07) is 10.2. The maximum Gasteiger partial charge on any atom is 0.253 e. The molecule has 0 aliphatic carbocycles. The van der Waals surface area contributed by atoms with Crippen LogP contribution < -0.4 is 4.90 Å². The van der Waals surface area contributed by atoms with Gasteiger partial charge < -0.3 is 14.7 Å². The Labute approximate surface area is 161 Å². The Bertz CT molecular complexity index is 818. The van der Waals surface area contributed by atoms with Gasteiger partial charge in [-0.3, -0.25) is 4.79 Å². The molecule has 1 aromatic carbocycles. The summed E-state index contributed by atoms with van der Waals surface area (Å²) in [5.74, 6) is 0.785. The molecular formula is C21H29N5O. The van der Waals surface area contributed by atoms with Gasteiger partial charge in [0, 0.05) is 50.0 Å². The second-order valence-corrected chi connectivity index (χ2v) is 7.53. The molecule has 1 aliphatic heterocycles. The highest BCUT2D eigenvalue weighted by atomic mass is 16.2. The fraction of sp³-hybridized carbons (Fsp3) is 0.476. The maximum absolute atomic E-state index is 13.0. The second-order valence-electron chi connectivity index (χ2n) is 7.53. The Kier molecular flexibility index (Phi) is 5.75. The lowest BCUT2D eigenvalue weighted by molar-refractivity contribution is 0.0783.